The molecule has 0 heterocycles. The summed E-state index contributed by atoms with van der Waals surface area (Å²) in [5.41, 5.74) is 5.78. The largest absolute Gasteiger partial charge is 0.342 e. The molecular formula is C17H32N2O. The van der Waals surface area contributed by atoms with Gasteiger partial charge in [-0.15, -0.1) is 0 Å². The summed E-state index contributed by atoms with van der Waals surface area (Å²) in [7, 11) is 0. The van der Waals surface area contributed by atoms with Gasteiger partial charge in [0.05, 0.1) is 5.41 Å². The second-order valence-electron chi connectivity index (χ2n) is 7.08. The Bertz CT molecular complexity index is 301. The Balaban J connectivity index is 2.06. The van der Waals surface area contributed by atoms with E-state index in [4.69, 9.17) is 5.73 Å². The summed E-state index contributed by atoms with van der Waals surface area (Å²) < 4.78 is 0. The van der Waals surface area contributed by atoms with Gasteiger partial charge in [-0.1, -0.05) is 26.7 Å². The quantitative estimate of drug-likeness (QED) is 0.668. The molecular weight excluding hydrogens is 248 g/mol. The lowest BCUT2D eigenvalue weighted by atomic mass is 9.77. The van der Waals surface area contributed by atoms with Crippen LogP contribution in [0.2, 0.25) is 0 Å². The lowest BCUT2D eigenvalue weighted by Gasteiger charge is -2.37. The van der Waals surface area contributed by atoms with Gasteiger partial charge in [-0.25, -0.2) is 0 Å². The zero-order valence-corrected chi connectivity index (χ0v) is 13.4. The van der Waals surface area contributed by atoms with Gasteiger partial charge in [0.25, 0.3) is 0 Å². The molecule has 3 heteroatoms. The molecule has 0 aromatic rings. The van der Waals surface area contributed by atoms with Crippen LogP contribution in [0.3, 0.4) is 0 Å². The molecule has 0 radical (unpaired) electrons. The van der Waals surface area contributed by atoms with Gasteiger partial charge in [-0.05, 0) is 50.4 Å². The van der Waals surface area contributed by atoms with E-state index in [1.807, 2.05) is 0 Å². The number of carbonyl (C=O) groups excluding carboxylic acids is 1. The summed E-state index contributed by atoms with van der Waals surface area (Å²) in [4.78, 5) is 15.3. The number of amides is 1. The molecule has 2 saturated carbocycles. The van der Waals surface area contributed by atoms with Crippen molar-refractivity contribution in [3.63, 3.8) is 0 Å². The molecule has 3 nitrogen and oxygen atoms in total. The first kappa shape index (κ1) is 15.8. The molecule has 0 aromatic heterocycles. The smallest absolute Gasteiger partial charge is 0.230 e. The molecule has 0 saturated heterocycles. The van der Waals surface area contributed by atoms with E-state index in [0.29, 0.717) is 12.5 Å². The highest BCUT2D eigenvalue weighted by Gasteiger charge is 2.41. The maximum absolute atomic E-state index is 13.1. The van der Waals surface area contributed by atoms with Gasteiger partial charge in [0.2, 0.25) is 5.91 Å². The van der Waals surface area contributed by atoms with Crippen LogP contribution in [0, 0.1) is 17.3 Å². The Morgan fingerprint density at radius 1 is 1.05 bits per heavy atom. The third-order valence-electron chi connectivity index (χ3n) is 4.94. The van der Waals surface area contributed by atoms with Gasteiger partial charge in [0, 0.05) is 19.6 Å². The first-order valence-corrected chi connectivity index (χ1v) is 8.64. The van der Waals surface area contributed by atoms with Gasteiger partial charge < -0.3 is 10.6 Å². The summed E-state index contributed by atoms with van der Waals surface area (Å²) >= 11 is 0. The number of hydrogen-bond acceptors (Lipinski definition) is 2. The van der Waals surface area contributed by atoms with E-state index in [-0.39, 0.29) is 5.41 Å². The van der Waals surface area contributed by atoms with Gasteiger partial charge >= 0.3 is 0 Å². The minimum Gasteiger partial charge on any atom is -0.342 e. The first-order chi connectivity index (χ1) is 9.65. The van der Waals surface area contributed by atoms with Crippen LogP contribution in [0.25, 0.3) is 0 Å². The van der Waals surface area contributed by atoms with Crippen molar-refractivity contribution in [2.24, 2.45) is 23.0 Å². The number of rotatable bonds is 10. The number of hydrogen-bond donors (Lipinski definition) is 1. The molecule has 2 aliphatic carbocycles. The maximum Gasteiger partial charge on any atom is 0.230 e. The minimum atomic E-state index is -0.284. The van der Waals surface area contributed by atoms with Crippen molar-refractivity contribution in [3.05, 3.63) is 0 Å². The second kappa shape index (κ2) is 6.93. The average molecular weight is 280 g/mol. The van der Waals surface area contributed by atoms with Gasteiger partial charge in [0.1, 0.15) is 0 Å². The predicted molar refractivity (Wildman–Crippen MR) is 83.3 cm³/mol. The van der Waals surface area contributed by atoms with Crippen LogP contribution in [0.15, 0.2) is 0 Å². The molecule has 2 N–H and O–H groups in total. The Kier molecular flexibility index (Phi) is 5.48. The van der Waals surface area contributed by atoms with Crippen LogP contribution >= 0.6 is 0 Å². The monoisotopic (exact) mass is 280 g/mol. The lowest BCUT2D eigenvalue weighted by molar-refractivity contribution is -0.143. The van der Waals surface area contributed by atoms with Crippen LogP contribution < -0.4 is 5.73 Å². The number of carbonyl (C=O) groups is 1. The number of nitrogens with two attached hydrogens (primary N) is 1. The van der Waals surface area contributed by atoms with Crippen LogP contribution in [0.5, 0.6) is 0 Å². The highest BCUT2D eigenvalue weighted by molar-refractivity contribution is 5.83. The van der Waals surface area contributed by atoms with E-state index in [1.165, 1.54) is 25.7 Å². The standard InChI is InChI=1S/C17H32N2O/c1-3-9-17(13-18,10-4-2)16(20)19(11-14-5-6-14)12-15-7-8-15/h14-15H,3-13,18H2,1-2H3. The Morgan fingerprint density at radius 2 is 1.50 bits per heavy atom. The zero-order valence-electron chi connectivity index (χ0n) is 13.4. The molecule has 0 unspecified atom stereocenters. The topological polar surface area (TPSA) is 46.3 Å². The van der Waals surface area contributed by atoms with Crippen molar-refractivity contribution in [3.8, 4) is 0 Å². The van der Waals surface area contributed by atoms with E-state index >= 15 is 0 Å². The molecule has 0 aromatic carbocycles. The van der Waals surface area contributed by atoms with Gasteiger partial charge in [-0.3, -0.25) is 4.79 Å². The average Bonchev–Trinajstić information content (AvgIpc) is 3.32. The van der Waals surface area contributed by atoms with Crippen molar-refractivity contribution < 1.29 is 4.79 Å². The molecule has 0 atom stereocenters. The van der Waals surface area contributed by atoms with Crippen molar-refractivity contribution in [1.29, 1.82) is 0 Å². The third-order valence-corrected chi connectivity index (χ3v) is 4.94. The summed E-state index contributed by atoms with van der Waals surface area (Å²) in [5, 5.41) is 0. The van der Waals surface area contributed by atoms with Crippen molar-refractivity contribution >= 4 is 5.91 Å². The summed E-state index contributed by atoms with van der Waals surface area (Å²) in [5.74, 6) is 1.91. The van der Waals surface area contributed by atoms with Crippen molar-refractivity contribution in [2.75, 3.05) is 19.6 Å². The van der Waals surface area contributed by atoms with E-state index in [9.17, 15) is 4.79 Å². The van der Waals surface area contributed by atoms with Crippen molar-refractivity contribution in [2.45, 2.75) is 65.2 Å². The maximum atomic E-state index is 13.1. The first-order valence-electron chi connectivity index (χ1n) is 8.64. The van der Waals surface area contributed by atoms with Crippen LogP contribution in [0.4, 0.5) is 0 Å². The Hall–Kier alpha value is -0.570. The Morgan fingerprint density at radius 3 is 1.80 bits per heavy atom. The van der Waals surface area contributed by atoms with Gasteiger partial charge in [-0.2, -0.15) is 0 Å². The van der Waals surface area contributed by atoms with Crippen LogP contribution in [0.1, 0.15) is 65.2 Å². The van der Waals surface area contributed by atoms with E-state index in [0.717, 1.165) is 50.6 Å². The molecule has 0 spiro atoms. The molecule has 1 amide bonds. The fraction of sp³-hybridized carbons (Fsp3) is 0.941. The fourth-order valence-corrected chi connectivity index (χ4v) is 3.39. The van der Waals surface area contributed by atoms with E-state index < -0.39 is 0 Å². The molecule has 116 valence electrons. The van der Waals surface area contributed by atoms with E-state index in [2.05, 4.69) is 18.7 Å². The number of nitrogens with zero attached hydrogens (tertiary/aromatic N) is 1. The minimum absolute atomic E-state index is 0.284. The fourth-order valence-electron chi connectivity index (χ4n) is 3.39. The SMILES string of the molecule is CCCC(CN)(CCC)C(=O)N(CC1CC1)CC1CC1. The molecule has 0 bridgehead atoms. The summed E-state index contributed by atoms with van der Waals surface area (Å²) in [6, 6.07) is 0. The highest BCUT2D eigenvalue weighted by atomic mass is 16.2. The summed E-state index contributed by atoms with van der Waals surface area (Å²) in [6.45, 7) is 6.83. The molecule has 0 aliphatic heterocycles. The highest BCUT2D eigenvalue weighted by Crippen LogP contribution is 2.37. The van der Waals surface area contributed by atoms with Crippen LogP contribution in [-0.4, -0.2) is 30.4 Å². The lowest BCUT2D eigenvalue weighted by Crippen LogP contribution is -2.49. The summed E-state index contributed by atoms with van der Waals surface area (Å²) in [6.07, 6.45) is 9.23. The van der Waals surface area contributed by atoms with Crippen LogP contribution in [-0.2, 0) is 4.79 Å². The zero-order chi connectivity index (χ0) is 14.6. The van der Waals surface area contributed by atoms with E-state index in [1.54, 1.807) is 0 Å². The molecule has 20 heavy (non-hydrogen) atoms. The normalized spacial score (nSPS) is 19.1. The third kappa shape index (κ3) is 3.97. The van der Waals surface area contributed by atoms with Gasteiger partial charge in [0.15, 0.2) is 0 Å². The predicted octanol–water partition coefficient (Wildman–Crippen LogP) is 3.18. The molecule has 2 aliphatic rings. The molecule has 2 rings (SSSR count). The molecule has 2 fully saturated rings. The Labute approximate surface area is 124 Å². The second-order valence-corrected chi connectivity index (χ2v) is 7.08. The van der Waals surface area contributed by atoms with Crippen molar-refractivity contribution in [1.82, 2.24) is 4.90 Å².